The second-order valence-corrected chi connectivity index (χ2v) is 4.58. The van der Waals surface area contributed by atoms with Crippen molar-refractivity contribution < 1.29 is 9.47 Å². The summed E-state index contributed by atoms with van der Waals surface area (Å²) in [5.41, 5.74) is 0. The molecule has 2 unspecified atom stereocenters. The van der Waals surface area contributed by atoms with Gasteiger partial charge in [-0.05, 0) is 12.3 Å². The highest BCUT2D eigenvalue weighted by Crippen LogP contribution is 2.33. The summed E-state index contributed by atoms with van der Waals surface area (Å²) in [4.78, 5) is 0. The van der Waals surface area contributed by atoms with E-state index in [1.165, 1.54) is 0 Å². The van der Waals surface area contributed by atoms with Crippen molar-refractivity contribution in [2.24, 2.45) is 5.92 Å². The van der Waals surface area contributed by atoms with Gasteiger partial charge in [-0.3, -0.25) is 0 Å². The van der Waals surface area contributed by atoms with Crippen LogP contribution in [-0.2, 0) is 21.9 Å². The minimum atomic E-state index is 0.0383. The van der Waals surface area contributed by atoms with Gasteiger partial charge in [0.1, 0.15) is 11.9 Å². The average Bonchev–Trinajstić information content (AvgIpc) is 2.91. The normalized spacial score (nSPS) is 24.4. The third kappa shape index (κ3) is 2.61. The SMILES string of the molecule is COCCn1c(CCl)nnc1C1OCCC1C. The lowest BCUT2D eigenvalue weighted by Gasteiger charge is -2.16. The second-order valence-electron chi connectivity index (χ2n) is 4.31. The van der Waals surface area contributed by atoms with Crippen molar-refractivity contribution in [3.63, 3.8) is 0 Å². The van der Waals surface area contributed by atoms with Crippen LogP contribution >= 0.6 is 11.6 Å². The molecule has 1 saturated heterocycles. The van der Waals surface area contributed by atoms with Gasteiger partial charge in [-0.1, -0.05) is 6.92 Å². The molecule has 1 fully saturated rings. The number of nitrogens with zero attached hydrogens (tertiary/aromatic N) is 3. The van der Waals surface area contributed by atoms with Gasteiger partial charge in [0.2, 0.25) is 0 Å². The van der Waals surface area contributed by atoms with E-state index in [4.69, 9.17) is 21.1 Å². The molecule has 1 aromatic heterocycles. The molecule has 0 aromatic carbocycles. The molecule has 96 valence electrons. The van der Waals surface area contributed by atoms with Crippen molar-refractivity contribution in [1.29, 1.82) is 0 Å². The molecule has 0 amide bonds. The molecule has 0 aliphatic carbocycles. The number of aromatic nitrogens is 3. The Morgan fingerprint density at radius 1 is 1.53 bits per heavy atom. The first kappa shape index (κ1) is 12.8. The lowest BCUT2D eigenvalue weighted by molar-refractivity contribution is 0.0819. The molecule has 2 atom stereocenters. The van der Waals surface area contributed by atoms with Gasteiger partial charge in [0.15, 0.2) is 5.82 Å². The van der Waals surface area contributed by atoms with Crippen molar-refractivity contribution in [2.45, 2.75) is 31.9 Å². The zero-order valence-electron chi connectivity index (χ0n) is 10.2. The van der Waals surface area contributed by atoms with Crippen LogP contribution in [0.5, 0.6) is 0 Å². The molecular formula is C11H18ClN3O2. The largest absolute Gasteiger partial charge is 0.383 e. The number of rotatable bonds is 5. The number of methoxy groups -OCH3 is 1. The van der Waals surface area contributed by atoms with Crippen molar-refractivity contribution in [3.05, 3.63) is 11.6 Å². The highest BCUT2D eigenvalue weighted by atomic mass is 35.5. The van der Waals surface area contributed by atoms with Crippen LogP contribution in [0, 0.1) is 5.92 Å². The molecule has 6 heteroatoms. The minimum absolute atomic E-state index is 0.0383. The molecule has 17 heavy (non-hydrogen) atoms. The topological polar surface area (TPSA) is 49.2 Å². The summed E-state index contributed by atoms with van der Waals surface area (Å²) in [7, 11) is 1.68. The maximum atomic E-state index is 5.86. The van der Waals surface area contributed by atoms with Crippen LogP contribution < -0.4 is 0 Å². The van der Waals surface area contributed by atoms with E-state index in [9.17, 15) is 0 Å². The van der Waals surface area contributed by atoms with Crippen LogP contribution in [0.25, 0.3) is 0 Å². The van der Waals surface area contributed by atoms with Gasteiger partial charge in [-0.2, -0.15) is 0 Å². The smallest absolute Gasteiger partial charge is 0.162 e. The Balaban J connectivity index is 2.23. The van der Waals surface area contributed by atoms with Gasteiger partial charge in [0.05, 0.1) is 12.5 Å². The van der Waals surface area contributed by atoms with Crippen molar-refractivity contribution in [2.75, 3.05) is 20.3 Å². The van der Waals surface area contributed by atoms with E-state index in [0.717, 1.165) is 24.7 Å². The van der Waals surface area contributed by atoms with E-state index in [1.54, 1.807) is 7.11 Å². The summed E-state index contributed by atoms with van der Waals surface area (Å²) in [6.45, 7) is 4.30. The van der Waals surface area contributed by atoms with E-state index in [-0.39, 0.29) is 6.10 Å². The zero-order chi connectivity index (χ0) is 12.3. The van der Waals surface area contributed by atoms with E-state index in [1.807, 2.05) is 4.57 Å². The highest BCUT2D eigenvalue weighted by molar-refractivity contribution is 6.16. The summed E-state index contributed by atoms with van der Waals surface area (Å²) in [5.74, 6) is 2.49. The van der Waals surface area contributed by atoms with E-state index < -0.39 is 0 Å². The van der Waals surface area contributed by atoms with Crippen molar-refractivity contribution >= 4 is 11.6 Å². The fourth-order valence-electron chi connectivity index (χ4n) is 2.11. The quantitative estimate of drug-likeness (QED) is 0.756. The van der Waals surface area contributed by atoms with Crippen LogP contribution in [0.1, 0.15) is 31.1 Å². The van der Waals surface area contributed by atoms with E-state index in [2.05, 4.69) is 17.1 Å². The third-order valence-electron chi connectivity index (χ3n) is 3.14. The van der Waals surface area contributed by atoms with Gasteiger partial charge < -0.3 is 14.0 Å². The molecule has 1 aliphatic rings. The Morgan fingerprint density at radius 2 is 2.35 bits per heavy atom. The molecular weight excluding hydrogens is 242 g/mol. The molecule has 0 saturated carbocycles. The lowest BCUT2D eigenvalue weighted by Crippen LogP contribution is -2.16. The van der Waals surface area contributed by atoms with Crippen LogP contribution in [0.4, 0.5) is 0 Å². The maximum absolute atomic E-state index is 5.86. The molecule has 0 N–H and O–H groups in total. The summed E-state index contributed by atoms with van der Waals surface area (Å²) in [5, 5.41) is 8.33. The Morgan fingerprint density at radius 3 is 2.94 bits per heavy atom. The first-order valence-electron chi connectivity index (χ1n) is 5.86. The van der Waals surface area contributed by atoms with Crippen LogP contribution in [0.3, 0.4) is 0 Å². The first-order chi connectivity index (χ1) is 8.27. The number of hydrogen-bond acceptors (Lipinski definition) is 4. The van der Waals surface area contributed by atoms with Crippen LogP contribution in [-0.4, -0.2) is 35.1 Å². The molecule has 1 aliphatic heterocycles. The van der Waals surface area contributed by atoms with Crippen LogP contribution in [0.2, 0.25) is 0 Å². The fraction of sp³-hybridized carbons (Fsp3) is 0.818. The number of alkyl halides is 1. The zero-order valence-corrected chi connectivity index (χ0v) is 11.0. The fourth-order valence-corrected chi connectivity index (χ4v) is 2.31. The molecule has 0 spiro atoms. The third-order valence-corrected chi connectivity index (χ3v) is 3.38. The number of ether oxygens (including phenoxy) is 2. The number of halogens is 1. The monoisotopic (exact) mass is 259 g/mol. The van der Waals surface area contributed by atoms with Gasteiger partial charge in [0.25, 0.3) is 0 Å². The molecule has 5 nitrogen and oxygen atoms in total. The van der Waals surface area contributed by atoms with Gasteiger partial charge >= 0.3 is 0 Å². The highest BCUT2D eigenvalue weighted by Gasteiger charge is 2.31. The summed E-state index contributed by atoms with van der Waals surface area (Å²) < 4.78 is 12.8. The Labute approximate surface area is 106 Å². The maximum Gasteiger partial charge on any atom is 0.162 e. The summed E-state index contributed by atoms with van der Waals surface area (Å²) in [6, 6.07) is 0. The lowest BCUT2D eigenvalue weighted by atomic mass is 10.0. The standard InChI is InChI=1S/C11H18ClN3O2/c1-8-3-5-17-10(8)11-14-13-9(7-12)15(11)4-6-16-2/h8,10H,3-7H2,1-2H3. The Kier molecular flexibility index (Phi) is 4.36. The predicted octanol–water partition coefficient (Wildman–Crippen LogP) is 1.76. The second kappa shape index (κ2) is 5.80. The van der Waals surface area contributed by atoms with Crippen LogP contribution in [0.15, 0.2) is 0 Å². The minimum Gasteiger partial charge on any atom is -0.383 e. The van der Waals surface area contributed by atoms with E-state index >= 15 is 0 Å². The van der Waals surface area contributed by atoms with Gasteiger partial charge in [-0.25, -0.2) is 0 Å². The van der Waals surface area contributed by atoms with Gasteiger partial charge in [-0.15, -0.1) is 21.8 Å². The predicted molar refractivity (Wildman–Crippen MR) is 63.9 cm³/mol. The summed E-state index contributed by atoms with van der Waals surface area (Å²) >= 11 is 5.86. The van der Waals surface area contributed by atoms with Crippen molar-refractivity contribution in [1.82, 2.24) is 14.8 Å². The number of hydrogen-bond donors (Lipinski definition) is 0. The Hall–Kier alpha value is -0.650. The molecule has 0 radical (unpaired) electrons. The molecule has 1 aromatic rings. The van der Waals surface area contributed by atoms with Crippen molar-refractivity contribution in [3.8, 4) is 0 Å². The Bertz CT molecular complexity index is 370. The van der Waals surface area contributed by atoms with Gasteiger partial charge in [0, 0.05) is 20.3 Å². The first-order valence-corrected chi connectivity index (χ1v) is 6.39. The molecule has 2 heterocycles. The summed E-state index contributed by atoms with van der Waals surface area (Å²) in [6.07, 6.45) is 1.11. The average molecular weight is 260 g/mol. The molecule has 0 bridgehead atoms. The van der Waals surface area contributed by atoms with E-state index in [0.29, 0.717) is 24.9 Å². The molecule has 2 rings (SSSR count).